The molecule has 0 aromatic heterocycles. The largest absolute Gasteiger partial charge is 0.122 e. The maximum atomic E-state index is 6.34. The number of benzene rings is 1. The Morgan fingerprint density at radius 1 is 1.13 bits per heavy atom. The number of rotatable bonds is 5. The smallest absolute Gasteiger partial charge is 0.0401 e. The molecule has 0 nitrogen and oxygen atoms in total. The zero-order valence-electron chi connectivity index (χ0n) is 9.96. The third-order valence-corrected chi connectivity index (χ3v) is 3.62. The summed E-state index contributed by atoms with van der Waals surface area (Å²) in [6.07, 6.45) is 3.36. The highest BCUT2D eigenvalue weighted by molar-refractivity contribution is 6.21. The first-order valence-corrected chi connectivity index (χ1v) is 6.35. The van der Waals surface area contributed by atoms with Crippen LogP contribution in [0.15, 0.2) is 24.3 Å². The molecule has 0 radical (unpaired) electrons. The van der Waals surface area contributed by atoms with E-state index in [0.29, 0.717) is 5.92 Å². The Balaban J connectivity index is 2.69. The molecule has 2 atom stereocenters. The fourth-order valence-electron chi connectivity index (χ4n) is 1.79. The van der Waals surface area contributed by atoms with Crippen LogP contribution in [0.3, 0.4) is 0 Å². The summed E-state index contributed by atoms with van der Waals surface area (Å²) in [7, 11) is 0. The van der Waals surface area contributed by atoms with Crippen LogP contribution < -0.4 is 0 Å². The minimum atomic E-state index is 0.266. The summed E-state index contributed by atoms with van der Waals surface area (Å²) >= 11 is 6.34. The van der Waals surface area contributed by atoms with Gasteiger partial charge in [-0.1, -0.05) is 51.5 Å². The van der Waals surface area contributed by atoms with Gasteiger partial charge in [-0.15, -0.1) is 11.6 Å². The SMILES string of the molecule is CCCC(Cl)C(C)c1ccc(CC)cc1. The predicted octanol–water partition coefficient (Wildman–Crippen LogP) is 4.76. The molecule has 0 fully saturated rings. The summed E-state index contributed by atoms with van der Waals surface area (Å²) in [5.41, 5.74) is 2.76. The van der Waals surface area contributed by atoms with Crippen molar-refractivity contribution in [1.29, 1.82) is 0 Å². The lowest BCUT2D eigenvalue weighted by atomic mass is 9.94. The van der Waals surface area contributed by atoms with Gasteiger partial charge < -0.3 is 0 Å². The molecule has 1 aromatic rings. The third-order valence-electron chi connectivity index (χ3n) is 3.02. The van der Waals surface area contributed by atoms with E-state index in [-0.39, 0.29) is 5.38 Å². The minimum Gasteiger partial charge on any atom is -0.122 e. The standard InChI is InChI=1S/C14H21Cl/c1-4-6-14(15)11(3)13-9-7-12(5-2)8-10-13/h7-11,14H,4-6H2,1-3H3. The topological polar surface area (TPSA) is 0 Å². The molecule has 15 heavy (non-hydrogen) atoms. The summed E-state index contributed by atoms with van der Waals surface area (Å²) in [6, 6.07) is 8.85. The molecule has 0 N–H and O–H groups in total. The first-order chi connectivity index (χ1) is 7.19. The van der Waals surface area contributed by atoms with Crippen molar-refractivity contribution >= 4 is 11.6 Å². The van der Waals surface area contributed by atoms with Crippen LogP contribution in [0.5, 0.6) is 0 Å². The van der Waals surface area contributed by atoms with E-state index in [1.54, 1.807) is 0 Å². The van der Waals surface area contributed by atoms with Gasteiger partial charge in [0, 0.05) is 5.38 Å². The lowest BCUT2D eigenvalue weighted by molar-refractivity contribution is 0.633. The summed E-state index contributed by atoms with van der Waals surface area (Å²) in [4.78, 5) is 0. The van der Waals surface area contributed by atoms with E-state index in [2.05, 4.69) is 45.0 Å². The molecule has 0 aliphatic rings. The van der Waals surface area contributed by atoms with Crippen LogP contribution in [0, 0.1) is 0 Å². The number of halogens is 1. The highest BCUT2D eigenvalue weighted by Gasteiger charge is 2.14. The van der Waals surface area contributed by atoms with Crippen LogP contribution >= 0.6 is 11.6 Å². The Morgan fingerprint density at radius 2 is 1.73 bits per heavy atom. The monoisotopic (exact) mass is 224 g/mol. The van der Waals surface area contributed by atoms with Crippen molar-refractivity contribution in [3.05, 3.63) is 35.4 Å². The molecule has 0 bridgehead atoms. The zero-order chi connectivity index (χ0) is 11.3. The molecule has 1 aromatic carbocycles. The van der Waals surface area contributed by atoms with Gasteiger partial charge in [0.05, 0.1) is 0 Å². The van der Waals surface area contributed by atoms with Gasteiger partial charge in [0.15, 0.2) is 0 Å². The second-order valence-corrected chi connectivity index (χ2v) is 4.75. The maximum Gasteiger partial charge on any atom is 0.0401 e. The van der Waals surface area contributed by atoms with Gasteiger partial charge in [-0.2, -0.15) is 0 Å². The fourth-order valence-corrected chi connectivity index (χ4v) is 2.16. The minimum absolute atomic E-state index is 0.266. The zero-order valence-corrected chi connectivity index (χ0v) is 10.7. The van der Waals surface area contributed by atoms with Crippen molar-refractivity contribution in [1.82, 2.24) is 0 Å². The first-order valence-electron chi connectivity index (χ1n) is 5.91. The van der Waals surface area contributed by atoms with Gasteiger partial charge in [0.2, 0.25) is 0 Å². The van der Waals surface area contributed by atoms with Crippen molar-refractivity contribution in [2.75, 3.05) is 0 Å². The van der Waals surface area contributed by atoms with Crippen molar-refractivity contribution in [3.63, 3.8) is 0 Å². The van der Waals surface area contributed by atoms with Crippen LogP contribution in [-0.4, -0.2) is 5.38 Å². The van der Waals surface area contributed by atoms with E-state index < -0.39 is 0 Å². The average molecular weight is 225 g/mol. The van der Waals surface area contributed by atoms with E-state index in [4.69, 9.17) is 11.6 Å². The van der Waals surface area contributed by atoms with Gasteiger partial charge >= 0.3 is 0 Å². The summed E-state index contributed by atoms with van der Waals surface area (Å²) in [5, 5.41) is 0.266. The Bertz CT molecular complexity index is 276. The fraction of sp³-hybridized carbons (Fsp3) is 0.571. The highest BCUT2D eigenvalue weighted by atomic mass is 35.5. The lowest BCUT2D eigenvalue weighted by Crippen LogP contribution is -2.09. The molecule has 0 saturated carbocycles. The molecule has 1 heteroatoms. The quantitative estimate of drug-likeness (QED) is 0.633. The third kappa shape index (κ3) is 3.53. The van der Waals surface area contributed by atoms with Crippen LogP contribution in [0.4, 0.5) is 0 Å². The maximum absolute atomic E-state index is 6.34. The molecule has 0 aliphatic carbocycles. The van der Waals surface area contributed by atoms with Gasteiger partial charge in [0.1, 0.15) is 0 Å². The number of aryl methyl sites for hydroxylation is 1. The van der Waals surface area contributed by atoms with Crippen LogP contribution in [0.2, 0.25) is 0 Å². The van der Waals surface area contributed by atoms with Gasteiger partial charge in [-0.05, 0) is 29.9 Å². The summed E-state index contributed by atoms with van der Waals surface area (Å²) < 4.78 is 0. The number of alkyl halides is 1. The molecule has 0 heterocycles. The average Bonchev–Trinajstić information content (AvgIpc) is 2.28. The van der Waals surface area contributed by atoms with Crippen molar-refractivity contribution in [2.24, 2.45) is 0 Å². The summed E-state index contributed by atoms with van der Waals surface area (Å²) in [5.74, 6) is 0.456. The van der Waals surface area contributed by atoms with Crippen LogP contribution in [0.25, 0.3) is 0 Å². The molecule has 0 saturated heterocycles. The Hall–Kier alpha value is -0.490. The Kier molecular flexibility index (Phi) is 5.17. The van der Waals surface area contributed by atoms with E-state index in [1.165, 1.54) is 11.1 Å². The van der Waals surface area contributed by atoms with Gasteiger partial charge in [-0.3, -0.25) is 0 Å². The first kappa shape index (κ1) is 12.6. The number of hydrogen-bond donors (Lipinski definition) is 0. The molecule has 0 spiro atoms. The normalized spacial score (nSPS) is 14.9. The van der Waals surface area contributed by atoms with E-state index in [9.17, 15) is 0 Å². The molecule has 0 aliphatic heterocycles. The molecule has 84 valence electrons. The summed E-state index contributed by atoms with van der Waals surface area (Å²) in [6.45, 7) is 6.58. The van der Waals surface area contributed by atoms with Gasteiger partial charge in [0.25, 0.3) is 0 Å². The van der Waals surface area contributed by atoms with E-state index >= 15 is 0 Å². The van der Waals surface area contributed by atoms with E-state index in [1.807, 2.05) is 0 Å². The van der Waals surface area contributed by atoms with Crippen molar-refractivity contribution < 1.29 is 0 Å². The Morgan fingerprint density at radius 3 is 2.20 bits per heavy atom. The molecular weight excluding hydrogens is 204 g/mol. The molecule has 0 amide bonds. The second-order valence-electron chi connectivity index (χ2n) is 4.19. The highest BCUT2D eigenvalue weighted by Crippen LogP contribution is 2.26. The number of hydrogen-bond acceptors (Lipinski definition) is 0. The molecule has 2 unspecified atom stereocenters. The Labute approximate surface area is 98.7 Å². The van der Waals surface area contributed by atoms with E-state index in [0.717, 1.165) is 19.3 Å². The van der Waals surface area contributed by atoms with Crippen LogP contribution in [0.1, 0.15) is 50.7 Å². The van der Waals surface area contributed by atoms with Gasteiger partial charge in [-0.25, -0.2) is 0 Å². The van der Waals surface area contributed by atoms with Crippen molar-refractivity contribution in [3.8, 4) is 0 Å². The molecule has 1 rings (SSSR count). The lowest BCUT2D eigenvalue weighted by Gasteiger charge is -2.18. The van der Waals surface area contributed by atoms with Crippen LogP contribution in [-0.2, 0) is 6.42 Å². The van der Waals surface area contributed by atoms with Crippen molar-refractivity contribution in [2.45, 2.75) is 51.3 Å². The molecular formula is C14H21Cl. The predicted molar refractivity (Wildman–Crippen MR) is 68.8 cm³/mol. The second kappa shape index (κ2) is 6.17.